The van der Waals surface area contributed by atoms with E-state index >= 15 is 0 Å². The van der Waals surface area contributed by atoms with Crippen LogP contribution in [0.5, 0.6) is 0 Å². The van der Waals surface area contributed by atoms with Crippen molar-refractivity contribution in [3.63, 3.8) is 0 Å². The third kappa shape index (κ3) is 2.32. The van der Waals surface area contributed by atoms with Crippen molar-refractivity contribution >= 4 is 5.69 Å². The maximum absolute atomic E-state index is 9.96. The molecule has 0 heterocycles. The number of anilines is 1. The van der Waals surface area contributed by atoms with Crippen molar-refractivity contribution in [3.8, 4) is 0 Å². The van der Waals surface area contributed by atoms with E-state index in [4.69, 9.17) is 0 Å². The van der Waals surface area contributed by atoms with Crippen molar-refractivity contribution in [2.45, 2.75) is 37.8 Å². The molecule has 0 bridgehead atoms. The lowest BCUT2D eigenvalue weighted by atomic mass is 9.91. The lowest BCUT2D eigenvalue weighted by molar-refractivity contribution is 0.106. The van der Waals surface area contributed by atoms with E-state index in [1.807, 2.05) is 18.2 Å². The Balaban J connectivity index is 2.09. The Bertz CT molecular complexity index is 299. The normalized spacial score (nSPS) is 26.3. The first-order chi connectivity index (χ1) is 7.29. The van der Waals surface area contributed by atoms with Gasteiger partial charge >= 0.3 is 0 Å². The average Bonchev–Trinajstić information content (AvgIpc) is 2.30. The number of nitrogens with zero attached hydrogens (tertiary/aromatic N) is 1. The summed E-state index contributed by atoms with van der Waals surface area (Å²) in [7, 11) is 2.08. The summed E-state index contributed by atoms with van der Waals surface area (Å²) in [5.74, 6) is 0. The van der Waals surface area contributed by atoms with Gasteiger partial charge in [-0.3, -0.25) is 0 Å². The monoisotopic (exact) mass is 205 g/mol. The van der Waals surface area contributed by atoms with Gasteiger partial charge in [0.15, 0.2) is 0 Å². The van der Waals surface area contributed by atoms with Crippen LogP contribution in [0.15, 0.2) is 30.3 Å². The molecule has 0 unspecified atom stereocenters. The minimum absolute atomic E-state index is 0.163. The molecule has 1 aliphatic carbocycles. The minimum atomic E-state index is -0.163. The maximum atomic E-state index is 9.96. The molecule has 0 amide bonds. The van der Waals surface area contributed by atoms with Gasteiger partial charge in [0.1, 0.15) is 0 Å². The third-order valence-electron chi connectivity index (χ3n) is 3.35. The van der Waals surface area contributed by atoms with Gasteiger partial charge < -0.3 is 10.0 Å². The highest BCUT2D eigenvalue weighted by molar-refractivity contribution is 5.46. The molecule has 1 aromatic rings. The van der Waals surface area contributed by atoms with Crippen LogP contribution in [0.25, 0.3) is 0 Å². The number of aliphatic hydroxyl groups is 1. The van der Waals surface area contributed by atoms with Crippen LogP contribution in [0.4, 0.5) is 5.69 Å². The number of rotatable bonds is 2. The van der Waals surface area contributed by atoms with Gasteiger partial charge in [-0.15, -0.1) is 0 Å². The Hall–Kier alpha value is -1.02. The van der Waals surface area contributed by atoms with E-state index in [2.05, 4.69) is 24.1 Å². The lowest BCUT2D eigenvalue weighted by Gasteiger charge is -2.36. The van der Waals surface area contributed by atoms with E-state index in [-0.39, 0.29) is 6.10 Å². The first-order valence-electron chi connectivity index (χ1n) is 5.75. The molecule has 1 aromatic carbocycles. The standard InChI is InChI=1S/C13H19NO/c1-14(11-7-3-2-4-8-11)12-9-5-6-10-13(12)15/h2-4,7-8,12-13,15H,5-6,9-10H2,1H3/t12-,13+/m1/s1. The van der Waals surface area contributed by atoms with E-state index in [0.29, 0.717) is 6.04 Å². The molecule has 15 heavy (non-hydrogen) atoms. The summed E-state index contributed by atoms with van der Waals surface area (Å²) in [6.07, 6.45) is 4.29. The summed E-state index contributed by atoms with van der Waals surface area (Å²) in [5.41, 5.74) is 1.20. The number of aliphatic hydroxyl groups excluding tert-OH is 1. The predicted molar refractivity (Wildman–Crippen MR) is 63.1 cm³/mol. The zero-order valence-corrected chi connectivity index (χ0v) is 9.26. The average molecular weight is 205 g/mol. The molecule has 1 saturated carbocycles. The van der Waals surface area contributed by atoms with Gasteiger partial charge in [-0.2, -0.15) is 0 Å². The van der Waals surface area contributed by atoms with Crippen molar-refractivity contribution < 1.29 is 5.11 Å². The molecule has 2 rings (SSSR count). The van der Waals surface area contributed by atoms with Gasteiger partial charge in [-0.05, 0) is 25.0 Å². The largest absolute Gasteiger partial charge is 0.391 e. The molecule has 1 fully saturated rings. The Morgan fingerprint density at radius 2 is 1.80 bits per heavy atom. The molecule has 1 N–H and O–H groups in total. The number of likely N-dealkylation sites (N-methyl/N-ethyl adjacent to an activating group) is 1. The van der Waals surface area contributed by atoms with Crippen molar-refractivity contribution in [3.05, 3.63) is 30.3 Å². The molecule has 0 spiro atoms. The zero-order chi connectivity index (χ0) is 10.7. The summed E-state index contributed by atoms with van der Waals surface area (Å²) in [5, 5.41) is 9.96. The van der Waals surface area contributed by atoms with Crippen molar-refractivity contribution in [2.75, 3.05) is 11.9 Å². The highest BCUT2D eigenvalue weighted by Gasteiger charge is 2.26. The second-order valence-electron chi connectivity index (χ2n) is 4.37. The van der Waals surface area contributed by atoms with Gasteiger partial charge in [0, 0.05) is 12.7 Å². The van der Waals surface area contributed by atoms with Gasteiger partial charge in [0.2, 0.25) is 0 Å². The Morgan fingerprint density at radius 3 is 2.47 bits per heavy atom. The first-order valence-corrected chi connectivity index (χ1v) is 5.75. The van der Waals surface area contributed by atoms with Crippen LogP contribution >= 0.6 is 0 Å². The molecule has 0 aromatic heterocycles. The summed E-state index contributed by atoms with van der Waals surface area (Å²) < 4.78 is 0. The molecule has 82 valence electrons. The summed E-state index contributed by atoms with van der Waals surface area (Å²) in [6, 6.07) is 10.6. The quantitative estimate of drug-likeness (QED) is 0.801. The second-order valence-corrected chi connectivity index (χ2v) is 4.37. The fraction of sp³-hybridized carbons (Fsp3) is 0.538. The Labute approximate surface area is 91.5 Å². The molecular formula is C13H19NO. The smallest absolute Gasteiger partial charge is 0.0743 e. The van der Waals surface area contributed by atoms with E-state index in [1.165, 1.54) is 18.5 Å². The summed E-state index contributed by atoms with van der Waals surface area (Å²) >= 11 is 0. The fourth-order valence-corrected chi connectivity index (χ4v) is 2.40. The van der Waals surface area contributed by atoms with Crippen molar-refractivity contribution in [2.24, 2.45) is 0 Å². The van der Waals surface area contributed by atoms with Gasteiger partial charge in [-0.1, -0.05) is 31.0 Å². The predicted octanol–water partition coefficient (Wildman–Crippen LogP) is 2.43. The van der Waals surface area contributed by atoms with Crippen LogP contribution in [-0.4, -0.2) is 24.3 Å². The number of para-hydroxylation sites is 1. The van der Waals surface area contributed by atoms with Gasteiger partial charge in [0.05, 0.1) is 12.1 Å². The topological polar surface area (TPSA) is 23.5 Å². The van der Waals surface area contributed by atoms with E-state index in [9.17, 15) is 5.11 Å². The van der Waals surface area contributed by atoms with E-state index in [1.54, 1.807) is 0 Å². The molecule has 2 nitrogen and oxygen atoms in total. The molecule has 1 aliphatic rings. The van der Waals surface area contributed by atoms with Crippen LogP contribution < -0.4 is 4.90 Å². The van der Waals surface area contributed by atoms with E-state index in [0.717, 1.165) is 12.8 Å². The van der Waals surface area contributed by atoms with Crippen molar-refractivity contribution in [1.82, 2.24) is 0 Å². The molecule has 2 heteroatoms. The van der Waals surface area contributed by atoms with Crippen molar-refractivity contribution in [1.29, 1.82) is 0 Å². The number of hydrogen-bond acceptors (Lipinski definition) is 2. The van der Waals surface area contributed by atoms with Gasteiger partial charge in [-0.25, -0.2) is 0 Å². The van der Waals surface area contributed by atoms with E-state index < -0.39 is 0 Å². The zero-order valence-electron chi connectivity index (χ0n) is 9.26. The minimum Gasteiger partial charge on any atom is -0.391 e. The molecule has 0 saturated heterocycles. The molecule has 2 atom stereocenters. The highest BCUT2D eigenvalue weighted by Crippen LogP contribution is 2.26. The number of hydrogen-bond donors (Lipinski definition) is 1. The van der Waals surface area contributed by atoms with Crippen LogP contribution in [0.2, 0.25) is 0 Å². The second kappa shape index (κ2) is 4.67. The molecule has 0 radical (unpaired) electrons. The first kappa shape index (κ1) is 10.5. The lowest BCUT2D eigenvalue weighted by Crippen LogP contribution is -2.43. The summed E-state index contributed by atoms with van der Waals surface area (Å²) in [6.45, 7) is 0. The fourth-order valence-electron chi connectivity index (χ4n) is 2.40. The Kier molecular flexibility index (Phi) is 3.27. The van der Waals surface area contributed by atoms with Crippen LogP contribution in [-0.2, 0) is 0 Å². The molecular weight excluding hydrogens is 186 g/mol. The highest BCUT2D eigenvalue weighted by atomic mass is 16.3. The number of benzene rings is 1. The third-order valence-corrected chi connectivity index (χ3v) is 3.35. The summed E-state index contributed by atoms with van der Waals surface area (Å²) in [4.78, 5) is 2.21. The van der Waals surface area contributed by atoms with Gasteiger partial charge in [0.25, 0.3) is 0 Å². The maximum Gasteiger partial charge on any atom is 0.0743 e. The van der Waals surface area contributed by atoms with Crippen LogP contribution in [0.1, 0.15) is 25.7 Å². The molecule has 0 aliphatic heterocycles. The SMILES string of the molecule is CN(c1ccccc1)[C@@H]1CCCC[C@@H]1O. The van der Waals surface area contributed by atoms with Crippen LogP contribution in [0, 0.1) is 0 Å². The Morgan fingerprint density at radius 1 is 1.13 bits per heavy atom. The van der Waals surface area contributed by atoms with Crippen LogP contribution in [0.3, 0.4) is 0 Å².